The van der Waals surface area contributed by atoms with Crippen molar-refractivity contribution in [3.63, 3.8) is 0 Å². The Morgan fingerprint density at radius 2 is 1.68 bits per heavy atom. The molecule has 0 aliphatic rings. The molecule has 0 spiro atoms. The fourth-order valence-electron chi connectivity index (χ4n) is 2.02. The van der Waals surface area contributed by atoms with Crippen LogP contribution in [0.4, 0.5) is 11.4 Å². The summed E-state index contributed by atoms with van der Waals surface area (Å²) < 4.78 is 5.89. The van der Waals surface area contributed by atoms with Crippen molar-refractivity contribution in [1.29, 1.82) is 0 Å². The van der Waals surface area contributed by atoms with Crippen molar-refractivity contribution in [2.24, 2.45) is 0 Å². The summed E-state index contributed by atoms with van der Waals surface area (Å²) in [5.41, 5.74) is 0.982. The number of amides is 2. The molecule has 6 nitrogen and oxygen atoms in total. The van der Waals surface area contributed by atoms with E-state index in [4.69, 9.17) is 28.1 Å². The molecular formula is C17H14Cl2N2O4. The average Bonchev–Trinajstić information content (AvgIpc) is 2.55. The lowest BCUT2D eigenvalue weighted by Gasteiger charge is -2.16. The van der Waals surface area contributed by atoms with Gasteiger partial charge in [-0.15, -0.1) is 0 Å². The summed E-state index contributed by atoms with van der Waals surface area (Å²) in [6.45, 7) is 2.61. The highest BCUT2D eigenvalue weighted by atomic mass is 35.5. The molecule has 2 aromatic rings. The number of carbonyl (C=O) groups excluding carboxylic acids is 3. The van der Waals surface area contributed by atoms with E-state index in [0.717, 1.165) is 4.42 Å². The first-order chi connectivity index (χ1) is 11.8. The van der Waals surface area contributed by atoms with Crippen molar-refractivity contribution in [1.82, 2.24) is 0 Å². The van der Waals surface area contributed by atoms with E-state index >= 15 is 0 Å². The third kappa shape index (κ3) is 4.95. The lowest BCUT2D eigenvalue weighted by atomic mass is 10.1. The number of carbonyl (C=O) groups is 3. The Labute approximate surface area is 154 Å². The van der Waals surface area contributed by atoms with Gasteiger partial charge in [0.15, 0.2) is 0 Å². The molecular weight excluding hydrogens is 367 g/mol. The Balaban J connectivity index is 2.29. The summed E-state index contributed by atoms with van der Waals surface area (Å²) in [6.07, 6.45) is 0. The minimum atomic E-state index is -0.618. The number of hydrogen-bond donors (Lipinski definition) is 1. The molecule has 2 amide bonds. The normalized spacial score (nSPS) is 10.1. The first kappa shape index (κ1) is 18.8. The Hall–Kier alpha value is -2.57. The van der Waals surface area contributed by atoms with Crippen LogP contribution in [0.25, 0.3) is 0 Å². The largest absolute Gasteiger partial charge is 0.426 e. The highest BCUT2D eigenvalue weighted by molar-refractivity contribution is 6.40. The Morgan fingerprint density at radius 3 is 2.24 bits per heavy atom. The Bertz CT molecular complexity index is 822. The molecule has 0 unspecified atom stereocenters. The van der Waals surface area contributed by atoms with Gasteiger partial charge in [-0.3, -0.25) is 14.4 Å². The van der Waals surface area contributed by atoms with E-state index in [2.05, 4.69) is 5.32 Å². The molecule has 0 aliphatic heterocycles. The number of hydrogen-bond acceptors (Lipinski definition) is 4. The van der Waals surface area contributed by atoms with Crippen LogP contribution >= 0.6 is 23.4 Å². The zero-order valence-corrected chi connectivity index (χ0v) is 14.9. The maximum Gasteiger partial charge on any atom is 0.308 e. The van der Waals surface area contributed by atoms with Crippen LogP contribution in [0.15, 0.2) is 42.5 Å². The summed E-state index contributed by atoms with van der Waals surface area (Å²) in [5, 5.41) is 2.91. The maximum absolute atomic E-state index is 12.6. The number of nitrogens with zero attached hydrogens (tertiary/aromatic N) is 1. The van der Waals surface area contributed by atoms with Crippen LogP contribution in [-0.4, -0.2) is 17.8 Å². The van der Waals surface area contributed by atoms with E-state index in [9.17, 15) is 14.4 Å². The van der Waals surface area contributed by atoms with E-state index in [1.165, 1.54) is 32.0 Å². The first-order valence-corrected chi connectivity index (χ1v) is 7.85. The molecule has 0 aliphatic carbocycles. The van der Waals surface area contributed by atoms with Gasteiger partial charge in [0.25, 0.3) is 5.91 Å². The van der Waals surface area contributed by atoms with Gasteiger partial charge in [-0.2, -0.15) is 0 Å². The van der Waals surface area contributed by atoms with Gasteiger partial charge in [-0.25, -0.2) is 4.42 Å². The molecule has 0 heterocycles. The molecule has 0 bridgehead atoms. The number of esters is 1. The molecule has 0 radical (unpaired) electrons. The molecule has 0 aromatic heterocycles. The van der Waals surface area contributed by atoms with Crippen molar-refractivity contribution in [3.8, 4) is 5.75 Å². The van der Waals surface area contributed by atoms with Crippen LogP contribution in [0.1, 0.15) is 24.2 Å². The predicted octanol–water partition coefficient (Wildman–Crippen LogP) is 4.02. The number of nitrogens with one attached hydrogen (secondary N) is 1. The van der Waals surface area contributed by atoms with Crippen LogP contribution < -0.4 is 14.5 Å². The predicted molar refractivity (Wildman–Crippen MR) is 96.2 cm³/mol. The van der Waals surface area contributed by atoms with Gasteiger partial charge in [0, 0.05) is 36.3 Å². The molecule has 2 rings (SSSR count). The molecule has 130 valence electrons. The molecule has 25 heavy (non-hydrogen) atoms. The Morgan fingerprint density at radius 1 is 1.04 bits per heavy atom. The van der Waals surface area contributed by atoms with Gasteiger partial charge in [0.1, 0.15) is 5.75 Å². The molecule has 0 atom stereocenters. The van der Waals surface area contributed by atoms with E-state index in [-0.39, 0.29) is 17.2 Å². The van der Waals surface area contributed by atoms with Gasteiger partial charge >= 0.3 is 5.97 Å². The van der Waals surface area contributed by atoms with E-state index < -0.39 is 11.9 Å². The lowest BCUT2D eigenvalue weighted by molar-refractivity contribution is -0.131. The molecule has 0 saturated heterocycles. The number of rotatable bonds is 4. The quantitative estimate of drug-likeness (QED) is 0.493. The fourth-order valence-corrected chi connectivity index (χ4v) is 2.39. The molecule has 0 fully saturated rings. The first-order valence-electron chi connectivity index (χ1n) is 7.14. The minimum Gasteiger partial charge on any atom is -0.426 e. The van der Waals surface area contributed by atoms with Crippen LogP contribution in [-0.2, 0) is 9.59 Å². The van der Waals surface area contributed by atoms with Crippen LogP contribution in [0.3, 0.4) is 0 Å². The zero-order chi connectivity index (χ0) is 18.6. The zero-order valence-electron chi connectivity index (χ0n) is 13.4. The third-order valence-corrected chi connectivity index (χ3v) is 3.60. The standard InChI is InChI=1S/C17H14Cl2N2O4/c1-10(22)20-13-4-6-14(7-5-13)21(19)17(24)15-9-12(18)3-8-16(15)25-11(2)23/h3-9H,1-2H3,(H,20,22). The third-order valence-electron chi connectivity index (χ3n) is 3.02. The van der Waals surface area contributed by atoms with E-state index in [1.54, 1.807) is 24.3 Å². The van der Waals surface area contributed by atoms with Crippen molar-refractivity contribution in [2.45, 2.75) is 13.8 Å². The molecule has 0 saturated carbocycles. The second-order valence-corrected chi connectivity index (χ2v) is 5.82. The summed E-state index contributed by atoms with van der Waals surface area (Å²) in [7, 11) is 0. The fraction of sp³-hybridized carbons (Fsp3) is 0.118. The highest BCUT2D eigenvalue weighted by Gasteiger charge is 2.21. The van der Waals surface area contributed by atoms with Gasteiger partial charge < -0.3 is 10.1 Å². The smallest absolute Gasteiger partial charge is 0.308 e. The molecule has 1 N–H and O–H groups in total. The summed E-state index contributed by atoms with van der Waals surface area (Å²) in [5.74, 6) is -1.34. The van der Waals surface area contributed by atoms with Crippen molar-refractivity contribution >= 4 is 52.5 Å². The van der Waals surface area contributed by atoms with Crippen molar-refractivity contribution < 1.29 is 19.1 Å². The lowest BCUT2D eigenvalue weighted by Crippen LogP contribution is -2.22. The van der Waals surface area contributed by atoms with Crippen molar-refractivity contribution in [3.05, 3.63) is 53.1 Å². The van der Waals surface area contributed by atoms with Gasteiger partial charge in [-0.1, -0.05) is 11.6 Å². The SMILES string of the molecule is CC(=O)Nc1ccc(N(Cl)C(=O)c2cc(Cl)ccc2OC(C)=O)cc1. The number of ether oxygens (including phenoxy) is 1. The highest BCUT2D eigenvalue weighted by Crippen LogP contribution is 2.28. The van der Waals surface area contributed by atoms with Crippen molar-refractivity contribution in [2.75, 3.05) is 9.74 Å². The summed E-state index contributed by atoms with van der Waals surface area (Å²) in [4.78, 5) is 34.9. The van der Waals surface area contributed by atoms with Crippen LogP contribution in [0, 0.1) is 0 Å². The van der Waals surface area contributed by atoms with Crippen LogP contribution in [0.5, 0.6) is 5.75 Å². The monoisotopic (exact) mass is 380 g/mol. The number of halogens is 2. The van der Waals surface area contributed by atoms with Gasteiger partial charge in [0.2, 0.25) is 5.91 Å². The summed E-state index contributed by atoms with van der Waals surface area (Å²) >= 11 is 12.0. The van der Waals surface area contributed by atoms with Gasteiger partial charge in [-0.05, 0) is 42.5 Å². The molecule has 8 heteroatoms. The topological polar surface area (TPSA) is 75.7 Å². The second kappa shape index (κ2) is 8.00. The number of benzene rings is 2. The minimum absolute atomic E-state index is 0.0450. The van der Waals surface area contributed by atoms with E-state index in [0.29, 0.717) is 16.4 Å². The number of anilines is 2. The van der Waals surface area contributed by atoms with E-state index in [1.807, 2.05) is 0 Å². The molecule has 2 aromatic carbocycles. The average molecular weight is 381 g/mol. The second-order valence-electron chi connectivity index (χ2n) is 5.05. The summed E-state index contributed by atoms with van der Waals surface area (Å²) in [6, 6.07) is 10.6. The van der Waals surface area contributed by atoms with Gasteiger partial charge in [0.05, 0.1) is 11.3 Å². The van der Waals surface area contributed by atoms with Crippen LogP contribution in [0.2, 0.25) is 5.02 Å². The maximum atomic E-state index is 12.6. The Kier molecular flexibility index (Phi) is 6.01.